The van der Waals surface area contributed by atoms with Crippen molar-refractivity contribution in [1.82, 2.24) is 4.90 Å². The summed E-state index contributed by atoms with van der Waals surface area (Å²) < 4.78 is 0. The summed E-state index contributed by atoms with van der Waals surface area (Å²) in [7, 11) is 2.10. The molecule has 3 atom stereocenters. The quantitative estimate of drug-likeness (QED) is 0.723. The smallest absolute Gasteiger partial charge is 0.252 e. The molecule has 26 heavy (non-hydrogen) atoms. The number of phenols is 1. The van der Waals surface area contributed by atoms with Crippen molar-refractivity contribution in [1.29, 1.82) is 0 Å². The SMILES string of the molecule is C=C1CC[C@]2(O)C(C1)c1c(ccc(C(N)=O)c1O)C[C@H]2N(C)CC1CC1. The first-order valence-corrected chi connectivity index (χ1v) is 9.55. The molecule has 5 heteroatoms. The van der Waals surface area contributed by atoms with E-state index in [0.29, 0.717) is 24.8 Å². The summed E-state index contributed by atoms with van der Waals surface area (Å²) in [4.78, 5) is 14.0. The number of carbonyl (C=O) groups is 1. The molecule has 2 fully saturated rings. The number of benzene rings is 1. The zero-order valence-corrected chi connectivity index (χ0v) is 15.4. The second kappa shape index (κ2) is 6.10. The predicted octanol–water partition coefficient (Wildman–Crippen LogP) is 2.31. The Hall–Kier alpha value is -1.85. The average molecular weight is 356 g/mol. The maximum Gasteiger partial charge on any atom is 0.252 e. The fraction of sp³-hybridized carbons (Fsp3) is 0.571. The fourth-order valence-electron chi connectivity index (χ4n) is 5.04. The van der Waals surface area contributed by atoms with Gasteiger partial charge in [-0.2, -0.15) is 0 Å². The Kier molecular flexibility index (Phi) is 4.12. The Labute approximate surface area is 154 Å². The van der Waals surface area contributed by atoms with Gasteiger partial charge in [-0.15, -0.1) is 0 Å². The number of aliphatic hydroxyl groups is 1. The molecule has 140 valence electrons. The fourth-order valence-corrected chi connectivity index (χ4v) is 5.04. The minimum Gasteiger partial charge on any atom is -0.507 e. The van der Waals surface area contributed by atoms with Crippen LogP contribution >= 0.6 is 0 Å². The number of likely N-dealkylation sites (N-methyl/N-ethyl adjacent to an activating group) is 1. The highest BCUT2D eigenvalue weighted by atomic mass is 16.3. The zero-order valence-electron chi connectivity index (χ0n) is 15.4. The largest absolute Gasteiger partial charge is 0.507 e. The van der Waals surface area contributed by atoms with E-state index in [0.717, 1.165) is 30.0 Å². The number of allylic oxidation sites excluding steroid dienone is 1. The molecule has 5 nitrogen and oxygen atoms in total. The number of rotatable bonds is 4. The van der Waals surface area contributed by atoms with Crippen molar-refractivity contribution in [2.45, 2.75) is 56.1 Å². The highest BCUT2D eigenvalue weighted by Gasteiger charge is 2.53. The van der Waals surface area contributed by atoms with Gasteiger partial charge in [0.25, 0.3) is 5.91 Å². The van der Waals surface area contributed by atoms with Crippen LogP contribution in [0.5, 0.6) is 5.75 Å². The van der Waals surface area contributed by atoms with Gasteiger partial charge in [0, 0.05) is 24.1 Å². The third kappa shape index (κ3) is 2.74. The van der Waals surface area contributed by atoms with Crippen LogP contribution < -0.4 is 5.73 Å². The number of hydrogen-bond acceptors (Lipinski definition) is 4. The topological polar surface area (TPSA) is 86.8 Å². The van der Waals surface area contributed by atoms with Crippen molar-refractivity contribution in [2.75, 3.05) is 13.6 Å². The van der Waals surface area contributed by atoms with Crippen LogP contribution in [0.15, 0.2) is 24.3 Å². The molecule has 1 amide bonds. The molecule has 1 unspecified atom stereocenters. The first-order valence-electron chi connectivity index (χ1n) is 9.55. The third-order valence-corrected chi connectivity index (χ3v) is 6.66. The summed E-state index contributed by atoms with van der Waals surface area (Å²) in [5.41, 5.74) is 7.42. The first-order chi connectivity index (χ1) is 12.3. The molecule has 0 aliphatic heterocycles. The molecule has 1 aromatic carbocycles. The molecule has 3 aliphatic rings. The van der Waals surface area contributed by atoms with E-state index in [2.05, 4.69) is 18.5 Å². The van der Waals surface area contributed by atoms with Gasteiger partial charge in [-0.3, -0.25) is 9.69 Å². The van der Waals surface area contributed by atoms with Crippen molar-refractivity contribution in [2.24, 2.45) is 11.7 Å². The highest BCUT2D eigenvalue weighted by Crippen LogP contribution is 2.53. The zero-order chi connectivity index (χ0) is 18.6. The minimum atomic E-state index is -0.925. The molecule has 0 heterocycles. The molecule has 0 radical (unpaired) electrons. The Morgan fingerprint density at radius 3 is 2.77 bits per heavy atom. The van der Waals surface area contributed by atoms with Crippen LogP contribution in [-0.2, 0) is 6.42 Å². The molecular weight excluding hydrogens is 328 g/mol. The second-order valence-corrected chi connectivity index (χ2v) is 8.50. The molecule has 0 saturated heterocycles. The van der Waals surface area contributed by atoms with Gasteiger partial charge in [0.05, 0.1) is 11.2 Å². The molecule has 3 aliphatic carbocycles. The normalized spacial score (nSPS) is 30.8. The van der Waals surface area contributed by atoms with E-state index in [1.165, 1.54) is 12.8 Å². The van der Waals surface area contributed by atoms with Crippen molar-refractivity contribution < 1.29 is 15.0 Å². The van der Waals surface area contributed by atoms with Gasteiger partial charge < -0.3 is 15.9 Å². The van der Waals surface area contributed by atoms with Gasteiger partial charge in [-0.25, -0.2) is 0 Å². The van der Waals surface area contributed by atoms with E-state index < -0.39 is 11.5 Å². The maximum atomic E-state index is 11.8. The van der Waals surface area contributed by atoms with Crippen LogP contribution in [0.4, 0.5) is 0 Å². The van der Waals surface area contributed by atoms with Crippen LogP contribution in [0.25, 0.3) is 0 Å². The highest BCUT2D eigenvalue weighted by molar-refractivity contribution is 5.96. The van der Waals surface area contributed by atoms with E-state index >= 15 is 0 Å². The lowest BCUT2D eigenvalue weighted by atomic mass is 9.61. The van der Waals surface area contributed by atoms with Gasteiger partial charge in [0.2, 0.25) is 0 Å². The molecule has 1 aromatic rings. The van der Waals surface area contributed by atoms with Crippen molar-refractivity contribution in [3.63, 3.8) is 0 Å². The molecule has 4 N–H and O–H groups in total. The van der Waals surface area contributed by atoms with Gasteiger partial charge in [-0.1, -0.05) is 18.2 Å². The Morgan fingerprint density at radius 2 is 2.12 bits per heavy atom. The van der Waals surface area contributed by atoms with Crippen LogP contribution in [0, 0.1) is 5.92 Å². The standard InChI is InChI=1S/C21H28N2O3/c1-12-7-8-21(26)16(9-12)18-14(5-6-15(19(18)24)20(22)25)10-17(21)23(2)11-13-3-4-13/h5-6,13,16-17,24,26H,1,3-4,7-11H2,2H3,(H2,22,25)/t16?,17-,21+/m1/s1. The second-order valence-electron chi connectivity index (χ2n) is 8.50. The molecule has 0 aromatic heterocycles. The van der Waals surface area contributed by atoms with E-state index in [4.69, 9.17) is 5.73 Å². The van der Waals surface area contributed by atoms with Crippen LogP contribution in [0.1, 0.15) is 59.5 Å². The van der Waals surface area contributed by atoms with Gasteiger partial charge in [0.1, 0.15) is 5.75 Å². The van der Waals surface area contributed by atoms with E-state index in [1.807, 2.05) is 6.07 Å². The monoisotopic (exact) mass is 356 g/mol. The number of nitrogens with two attached hydrogens (primary N) is 1. The number of aromatic hydroxyl groups is 1. The molecule has 0 bridgehead atoms. The molecule has 2 saturated carbocycles. The van der Waals surface area contributed by atoms with Crippen LogP contribution in [0.3, 0.4) is 0 Å². The van der Waals surface area contributed by atoms with Crippen molar-refractivity contribution in [3.8, 4) is 5.75 Å². The lowest BCUT2D eigenvalue weighted by Gasteiger charge is -2.53. The summed E-state index contributed by atoms with van der Waals surface area (Å²) in [5, 5.41) is 22.5. The third-order valence-electron chi connectivity index (χ3n) is 6.66. The Morgan fingerprint density at radius 1 is 1.38 bits per heavy atom. The number of hydrogen-bond donors (Lipinski definition) is 3. The predicted molar refractivity (Wildman–Crippen MR) is 100 cm³/mol. The average Bonchev–Trinajstić information content (AvgIpc) is 3.38. The molecule has 4 rings (SSSR count). The minimum absolute atomic E-state index is 0.00697. The van der Waals surface area contributed by atoms with Gasteiger partial charge >= 0.3 is 0 Å². The number of amides is 1. The molecule has 0 spiro atoms. The van der Waals surface area contributed by atoms with Crippen molar-refractivity contribution >= 4 is 5.91 Å². The lowest BCUT2D eigenvalue weighted by Crippen LogP contribution is -2.60. The summed E-state index contributed by atoms with van der Waals surface area (Å²) in [5.74, 6) is -0.209. The van der Waals surface area contributed by atoms with Crippen LogP contribution in [-0.4, -0.2) is 46.3 Å². The summed E-state index contributed by atoms with van der Waals surface area (Å²) in [6.07, 6.45) is 5.28. The Bertz CT molecular complexity index is 771. The van der Waals surface area contributed by atoms with E-state index in [9.17, 15) is 15.0 Å². The van der Waals surface area contributed by atoms with Crippen LogP contribution in [0.2, 0.25) is 0 Å². The number of carbonyl (C=O) groups excluding carboxylic acids is 1. The summed E-state index contributed by atoms with van der Waals surface area (Å²) >= 11 is 0. The van der Waals surface area contributed by atoms with Gasteiger partial charge in [0.15, 0.2) is 0 Å². The Balaban J connectivity index is 1.80. The number of primary amides is 1. The maximum absolute atomic E-state index is 11.8. The number of nitrogens with zero attached hydrogens (tertiary/aromatic N) is 1. The summed E-state index contributed by atoms with van der Waals surface area (Å²) in [6.45, 7) is 5.13. The summed E-state index contributed by atoms with van der Waals surface area (Å²) in [6, 6.07) is 3.51. The lowest BCUT2D eigenvalue weighted by molar-refractivity contribution is -0.0828. The molecular formula is C21H28N2O3. The van der Waals surface area contributed by atoms with E-state index in [-0.39, 0.29) is 23.3 Å². The first kappa shape index (κ1) is 17.6. The van der Waals surface area contributed by atoms with Crippen molar-refractivity contribution in [3.05, 3.63) is 41.0 Å². The van der Waals surface area contributed by atoms with Gasteiger partial charge in [-0.05, 0) is 63.1 Å². The number of fused-ring (bicyclic) bond motifs is 3. The van der Waals surface area contributed by atoms with E-state index in [1.54, 1.807) is 6.07 Å².